The Balaban J connectivity index is 0.000000268. The fraction of sp³-hybridized carbons (Fsp3) is 0.0870. The van der Waals surface area contributed by atoms with Crippen LogP contribution in [0.25, 0.3) is 0 Å². The first-order valence-electron chi connectivity index (χ1n) is 19.5. The van der Waals surface area contributed by atoms with E-state index in [-0.39, 0.29) is 21.2 Å². The summed E-state index contributed by atoms with van der Waals surface area (Å²) in [6.45, 7) is 2.19. The van der Waals surface area contributed by atoms with Gasteiger partial charge in [0.1, 0.15) is 48.4 Å². The van der Waals surface area contributed by atoms with Gasteiger partial charge < -0.3 is 14.2 Å². The third kappa shape index (κ3) is 11.1. The molecule has 0 aliphatic heterocycles. The Kier molecular flexibility index (Phi) is 19.3. The molecule has 25 heteroatoms. The van der Waals surface area contributed by atoms with Crippen molar-refractivity contribution in [1.29, 1.82) is 0 Å². The minimum Gasteiger partial charge on any atom is -0.491 e. The lowest BCUT2D eigenvalue weighted by Gasteiger charge is -2.46. The van der Waals surface area contributed by atoms with Gasteiger partial charge in [-0.05, 0) is 36.4 Å². The SMILES string of the molecule is Fc1c(F)c(Cl)c(Cl)c([B-](c2c(F)c(F)c(F)c(Cl)c2Cl)(c2c(F)c(F)c(F)c(Cl)c2Cl)c2c(F)c(F)c(F)c(Cl)c2Cl)c1F.c1ccc(OCCOCCOc2ccccc2[I+]c2ccccc2)cc1. The Labute approximate surface area is 445 Å². The van der Waals surface area contributed by atoms with Crippen LogP contribution in [-0.2, 0) is 4.74 Å². The van der Waals surface area contributed by atoms with E-state index in [1.165, 1.54) is 7.14 Å². The number of ether oxygens (including phenoxy) is 3. The molecule has 7 aromatic rings. The lowest BCUT2D eigenvalue weighted by Crippen LogP contribution is -3.61. The Morgan fingerprint density at radius 2 is 0.662 bits per heavy atom. The van der Waals surface area contributed by atoms with Crippen LogP contribution in [0, 0.1) is 76.9 Å². The summed E-state index contributed by atoms with van der Waals surface area (Å²) in [5.74, 6) is -29.4. The molecule has 0 N–H and O–H groups in total. The molecule has 0 saturated heterocycles. The molecule has 0 radical (unpaired) electrons. The van der Waals surface area contributed by atoms with E-state index >= 15 is 35.1 Å². The second-order valence-electron chi connectivity index (χ2n) is 14.2. The fourth-order valence-electron chi connectivity index (χ4n) is 7.16. The van der Waals surface area contributed by atoms with Gasteiger partial charge in [0.05, 0.1) is 33.3 Å². The molecule has 0 aliphatic carbocycles. The third-order valence-electron chi connectivity index (χ3n) is 10.2. The predicted molar refractivity (Wildman–Crippen MR) is 248 cm³/mol. The number of para-hydroxylation sites is 2. The number of benzene rings is 7. The Bertz CT molecular complexity index is 2750. The molecule has 71 heavy (non-hydrogen) atoms. The molecule has 7 rings (SSSR count). The minimum absolute atomic E-state index is 0.237. The standard InChI is InChI=1S/C24BCl8F12.C22H22IO3/c26-5-1(13(34)21(42)17(38)9(5)30)25(2-6(27)10(31)18(39)22(43)14(2)35,3-7(28)11(32)19(40)23(44)15(3)36)4-8(29)12(33)20(41)24(45)16(4)37;1-3-9-19(10-4-1)23-21-13-7-8-14-22(21)26-18-16-24-15-17-25-20-11-5-2-6-12-20/h;1-14H,15-18H2/q-1;+1. The molecule has 3 nitrogen and oxygen atoms in total. The summed E-state index contributed by atoms with van der Waals surface area (Å²) in [6.07, 6.45) is -5.62. The van der Waals surface area contributed by atoms with Crippen LogP contribution in [0.5, 0.6) is 11.5 Å². The molecular formula is C46H22BCl8F12IO3. The Morgan fingerprint density at radius 3 is 1.04 bits per heavy atom. The largest absolute Gasteiger partial charge is 0.491 e. The maximum atomic E-state index is 16.0. The van der Waals surface area contributed by atoms with Crippen molar-refractivity contribution in [3.05, 3.63) is 202 Å². The van der Waals surface area contributed by atoms with E-state index in [0.717, 1.165) is 11.5 Å². The van der Waals surface area contributed by atoms with Crippen LogP contribution in [0.4, 0.5) is 52.7 Å². The monoisotopic (exact) mass is 1270 g/mol. The Morgan fingerprint density at radius 1 is 0.338 bits per heavy atom. The smallest absolute Gasteiger partial charge is 0.362 e. The van der Waals surface area contributed by atoms with Gasteiger partial charge in [-0.2, -0.15) is 0 Å². The van der Waals surface area contributed by atoms with Gasteiger partial charge in [0, 0.05) is 20.1 Å². The average Bonchev–Trinajstić information content (AvgIpc) is 3.37. The zero-order chi connectivity index (χ0) is 52.2. The highest BCUT2D eigenvalue weighted by Gasteiger charge is 2.50. The van der Waals surface area contributed by atoms with Crippen molar-refractivity contribution in [3.63, 3.8) is 0 Å². The molecule has 7 aromatic carbocycles. The van der Waals surface area contributed by atoms with E-state index in [9.17, 15) is 17.6 Å². The molecule has 0 spiro atoms. The van der Waals surface area contributed by atoms with Gasteiger partial charge in [-0.1, -0.05) is 141 Å². The van der Waals surface area contributed by atoms with Gasteiger partial charge in [0.2, 0.25) is 3.57 Å². The van der Waals surface area contributed by atoms with Crippen LogP contribution in [0.3, 0.4) is 0 Å². The van der Waals surface area contributed by atoms with Gasteiger partial charge in [-0.25, -0.2) is 52.7 Å². The molecule has 0 atom stereocenters. The van der Waals surface area contributed by atoms with Crippen molar-refractivity contribution in [2.24, 2.45) is 0 Å². The lowest BCUT2D eigenvalue weighted by molar-refractivity contribution is -0.598. The number of rotatable bonds is 14. The predicted octanol–water partition coefficient (Wildman–Crippen LogP) is 11.2. The Hall–Kier alpha value is -3.63. The van der Waals surface area contributed by atoms with Crippen molar-refractivity contribution < 1.29 is 88.1 Å². The first kappa shape index (κ1) is 56.7. The van der Waals surface area contributed by atoms with Gasteiger partial charge in [0.15, 0.2) is 55.9 Å². The molecule has 0 bridgehead atoms. The molecule has 0 unspecified atom stereocenters. The summed E-state index contributed by atoms with van der Waals surface area (Å²) in [5.41, 5.74) is -8.47. The fourth-order valence-corrected chi connectivity index (χ4v) is 11.6. The summed E-state index contributed by atoms with van der Waals surface area (Å²) in [4.78, 5) is 0. The molecule has 0 saturated carbocycles. The second-order valence-corrected chi connectivity index (χ2v) is 20.2. The zero-order valence-electron chi connectivity index (χ0n) is 34.7. The molecular weight excluding hydrogens is 1250 g/mol. The summed E-state index contributed by atoms with van der Waals surface area (Å²) < 4.78 is 202. The first-order valence-corrected chi connectivity index (χ1v) is 24.7. The summed E-state index contributed by atoms with van der Waals surface area (Å²) >= 11 is 46.4. The molecule has 0 amide bonds. The van der Waals surface area contributed by atoms with Crippen molar-refractivity contribution >= 4 is 121 Å². The van der Waals surface area contributed by atoms with Crippen LogP contribution in [0.15, 0.2) is 84.9 Å². The van der Waals surface area contributed by atoms with Crippen molar-refractivity contribution in [2.75, 3.05) is 26.4 Å². The zero-order valence-corrected chi connectivity index (χ0v) is 42.9. The quantitative estimate of drug-likeness (QED) is 0.0271. The summed E-state index contributed by atoms with van der Waals surface area (Å²) in [7, 11) is 0. The van der Waals surface area contributed by atoms with Gasteiger partial charge in [-0.3, -0.25) is 0 Å². The van der Waals surface area contributed by atoms with Crippen LogP contribution in [-0.4, -0.2) is 32.6 Å². The molecule has 0 aliphatic rings. The summed E-state index contributed by atoms with van der Waals surface area (Å²) in [5, 5.41) is -13.9. The van der Waals surface area contributed by atoms with E-state index in [1.807, 2.05) is 42.5 Å². The van der Waals surface area contributed by atoms with Crippen molar-refractivity contribution in [3.8, 4) is 11.5 Å². The van der Waals surface area contributed by atoms with E-state index in [2.05, 4.69) is 42.5 Å². The lowest BCUT2D eigenvalue weighted by atomic mass is 9.12. The highest BCUT2D eigenvalue weighted by atomic mass is 127. The van der Waals surface area contributed by atoms with Crippen molar-refractivity contribution in [2.45, 2.75) is 0 Å². The minimum atomic E-state index is -5.62. The maximum Gasteiger partial charge on any atom is 0.362 e. The molecule has 0 aromatic heterocycles. The number of hydrogen-bond acceptors (Lipinski definition) is 3. The average molecular weight is 1270 g/mol. The van der Waals surface area contributed by atoms with Crippen LogP contribution < -0.4 is 52.5 Å². The first-order chi connectivity index (χ1) is 33.6. The molecule has 374 valence electrons. The highest BCUT2D eigenvalue weighted by molar-refractivity contribution is 7.22. The van der Waals surface area contributed by atoms with Gasteiger partial charge in [-0.15, -0.1) is 21.9 Å². The van der Waals surface area contributed by atoms with Crippen LogP contribution in [0.2, 0.25) is 40.2 Å². The van der Waals surface area contributed by atoms with E-state index < -0.39 is 138 Å². The van der Waals surface area contributed by atoms with Crippen LogP contribution >= 0.6 is 92.8 Å². The maximum absolute atomic E-state index is 16.0. The van der Waals surface area contributed by atoms with Gasteiger partial charge in [0.25, 0.3) is 0 Å². The third-order valence-corrected chi connectivity index (χ3v) is 16.4. The molecule has 0 fully saturated rings. The second kappa shape index (κ2) is 24.2. The van der Waals surface area contributed by atoms with Gasteiger partial charge >= 0.3 is 21.2 Å². The molecule has 0 heterocycles. The van der Waals surface area contributed by atoms with Crippen molar-refractivity contribution in [1.82, 2.24) is 0 Å². The number of hydrogen-bond donors (Lipinski definition) is 0. The number of halogens is 21. The van der Waals surface area contributed by atoms with E-state index in [1.54, 1.807) is 0 Å². The summed E-state index contributed by atoms with van der Waals surface area (Å²) in [6, 6.07) is 28.6. The highest BCUT2D eigenvalue weighted by Crippen LogP contribution is 2.40. The normalized spacial score (nSPS) is 11.4. The topological polar surface area (TPSA) is 27.7 Å². The van der Waals surface area contributed by atoms with E-state index in [4.69, 9.17) is 107 Å². The van der Waals surface area contributed by atoms with E-state index in [0.29, 0.717) is 26.4 Å². The van der Waals surface area contributed by atoms with Crippen LogP contribution in [0.1, 0.15) is 0 Å².